The Balaban J connectivity index is 3.11. The second-order valence-electron chi connectivity index (χ2n) is 6.11. The Kier molecular flexibility index (Phi) is 4.34. The molecule has 17 heavy (non-hydrogen) atoms. The van der Waals surface area contributed by atoms with Gasteiger partial charge in [-0.15, -0.1) is 0 Å². The molecule has 0 heterocycles. The monoisotopic (exact) mass is 234 g/mol. The predicted molar refractivity (Wildman–Crippen MR) is 75.1 cm³/mol. The maximum absolute atomic E-state index is 5.47. The molecule has 1 aromatic carbocycles. The number of aryl methyl sites for hydroxylation is 2. The van der Waals surface area contributed by atoms with Gasteiger partial charge in [0.1, 0.15) is 0 Å². The number of hydrogen-bond donors (Lipinski definition) is 2. The Labute approximate surface area is 106 Å². The van der Waals surface area contributed by atoms with Crippen molar-refractivity contribution in [3.05, 3.63) is 34.4 Å². The first-order chi connectivity index (χ1) is 7.75. The van der Waals surface area contributed by atoms with Crippen molar-refractivity contribution in [2.75, 3.05) is 0 Å². The van der Waals surface area contributed by atoms with E-state index < -0.39 is 0 Å². The summed E-state index contributed by atoms with van der Waals surface area (Å²) in [4.78, 5) is 0. The highest BCUT2D eigenvalue weighted by atomic mass is 15.2. The zero-order valence-electron chi connectivity index (χ0n) is 12.0. The molecule has 1 aromatic rings. The van der Waals surface area contributed by atoms with Crippen LogP contribution in [-0.4, -0.2) is 6.04 Å². The van der Waals surface area contributed by atoms with Crippen molar-refractivity contribution in [3.8, 4) is 0 Å². The zero-order chi connectivity index (χ0) is 13.2. The lowest BCUT2D eigenvalue weighted by Gasteiger charge is -2.23. The van der Waals surface area contributed by atoms with Gasteiger partial charge < -0.3 is 0 Å². The van der Waals surface area contributed by atoms with Crippen LogP contribution in [-0.2, 0) is 11.8 Å². The van der Waals surface area contributed by atoms with Crippen molar-refractivity contribution in [1.82, 2.24) is 5.43 Å². The molecule has 0 amide bonds. The topological polar surface area (TPSA) is 38.0 Å². The average molecular weight is 234 g/mol. The lowest BCUT2D eigenvalue weighted by Crippen LogP contribution is -2.34. The van der Waals surface area contributed by atoms with Crippen LogP contribution in [0.15, 0.2) is 12.1 Å². The Morgan fingerprint density at radius 1 is 1.18 bits per heavy atom. The molecule has 2 heteroatoms. The molecule has 3 N–H and O–H groups in total. The van der Waals surface area contributed by atoms with E-state index in [1.54, 1.807) is 0 Å². The van der Waals surface area contributed by atoms with Crippen molar-refractivity contribution in [3.63, 3.8) is 0 Å². The molecule has 1 atom stereocenters. The standard InChI is InChI=1S/C15H26N2/c1-10-7-13(15(4,5)6)8-11(2)14(10)9-12(3)17-16/h7-8,12,17H,9,16H2,1-6H3. The maximum atomic E-state index is 5.47. The Morgan fingerprint density at radius 3 is 2.00 bits per heavy atom. The molecule has 0 saturated heterocycles. The fraction of sp³-hybridized carbons (Fsp3) is 0.600. The molecular formula is C15H26N2. The molecular weight excluding hydrogens is 208 g/mol. The molecule has 0 aliphatic heterocycles. The minimum atomic E-state index is 0.214. The van der Waals surface area contributed by atoms with Crippen LogP contribution in [0.2, 0.25) is 0 Å². The minimum Gasteiger partial charge on any atom is -0.271 e. The van der Waals surface area contributed by atoms with Gasteiger partial charge in [-0.05, 0) is 54.9 Å². The number of benzene rings is 1. The third-order valence-electron chi connectivity index (χ3n) is 3.36. The number of hydrazine groups is 1. The van der Waals surface area contributed by atoms with Crippen molar-refractivity contribution in [2.24, 2.45) is 5.84 Å². The molecule has 0 aromatic heterocycles. The summed E-state index contributed by atoms with van der Waals surface area (Å²) in [5.74, 6) is 5.47. The summed E-state index contributed by atoms with van der Waals surface area (Å²) in [5, 5.41) is 0. The van der Waals surface area contributed by atoms with Gasteiger partial charge in [-0.2, -0.15) is 0 Å². The van der Waals surface area contributed by atoms with Gasteiger partial charge in [-0.1, -0.05) is 32.9 Å². The average Bonchev–Trinajstić information content (AvgIpc) is 2.21. The summed E-state index contributed by atoms with van der Waals surface area (Å²) < 4.78 is 0. The lowest BCUT2D eigenvalue weighted by molar-refractivity contribution is 0.563. The highest BCUT2D eigenvalue weighted by Crippen LogP contribution is 2.27. The van der Waals surface area contributed by atoms with Gasteiger partial charge in [0.05, 0.1) is 0 Å². The second-order valence-corrected chi connectivity index (χ2v) is 6.11. The summed E-state index contributed by atoms with van der Waals surface area (Å²) in [6.07, 6.45) is 0.985. The van der Waals surface area contributed by atoms with E-state index in [9.17, 15) is 0 Å². The minimum absolute atomic E-state index is 0.214. The van der Waals surface area contributed by atoms with E-state index >= 15 is 0 Å². The summed E-state index contributed by atoms with van der Waals surface area (Å²) in [5.41, 5.74) is 8.60. The highest BCUT2D eigenvalue weighted by molar-refractivity contribution is 5.40. The third-order valence-corrected chi connectivity index (χ3v) is 3.36. The summed E-state index contributed by atoms with van der Waals surface area (Å²) in [6, 6.07) is 4.94. The largest absolute Gasteiger partial charge is 0.271 e. The van der Waals surface area contributed by atoms with Crippen LogP contribution in [0.5, 0.6) is 0 Å². The van der Waals surface area contributed by atoms with Crippen LogP contribution in [0.1, 0.15) is 49.9 Å². The first kappa shape index (κ1) is 14.2. The zero-order valence-corrected chi connectivity index (χ0v) is 12.0. The van der Waals surface area contributed by atoms with E-state index in [1.807, 2.05) is 0 Å². The highest BCUT2D eigenvalue weighted by Gasteiger charge is 2.16. The van der Waals surface area contributed by atoms with Crippen LogP contribution in [0.25, 0.3) is 0 Å². The van der Waals surface area contributed by atoms with Gasteiger partial charge >= 0.3 is 0 Å². The number of rotatable bonds is 3. The molecule has 0 radical (unpaired) electrons. The van der Waals surface area contributed by atoms with Gasteiger partial charge in [-0.25, -0.2) is 0 Å². The van der Waals surface area contributed by atoms with Gasteiger partial charge in [0, 0.05) is 6.04 Å². The number of nitrogens with one attached hydrogen (secondary N) is 1. The van der Waals surface area contributed by atoms with Crippen molar-refractivity contribution in [2.45, 2.75) is 59.4 Å². The lowest BCUT2D eigenvalue weighted by atomic mass is 9.83. The van der Waals surface area contributed by atoms with Crippen LogP contribution >= 0.6 is 0 Å². The molecule has 2 nitrogen and oxygen atoms in total. The van der Waals surface area contributed by atoms with E-state index in [4.69, 9.17) is 5.84 Å². The Hall–Kier alpha value is -0.860. The van der Waals surface area contributed by atoms with Gasteiger partial charge in [0.25, 0.3) is 0 Å². The van der Waals surface area contributed by atoms with E-state index in [-0.39, 0.29) is 5.41 Å². The summed E-state index contributed by atoms with van der Waals surface area (Å²) in [7, 11) is 0. The molecule has 0 fully saturated rings. The molecule has 1 unspecified atom stereocenters. The molecule has 0 aliphatic carbocycles. The fourth-order valence-corrected chi connectivity index (χ4v) is 2.11. The fourth-order valence-electron chi connectivity index (χ4n) is 2.11. The summed E-state index contributed by atoms with van der Waals surface area (Å²) in [6.45, 7) is 13.3. The van der Waals surface area contributed by atoms with Crippen molar-refractivity contribution in [1.29, 1.82) is 0 Å². The van der Waals surface area contributed by atoms with Gasteiger partial charge in [0.15, 0.2) is 0 Å². The predicted octanol–water partition coefficient (Wildman–Crippen LogP) is 3.00. The van der Waals surface area contributed by atoms with Gasteiger partial charge in [-0.3, -0.25) is 11.3 Å². The molecule has 96 valence electrons. The van der Waals surface area contributed by atoms with E-state index in [0.29, 0.717) is 6.04 Å². The first-order valence-electron chi connectivity index (χ1n) is 6.32. The van der Waals surface area contributed by atoms with Crippen molar-refractivity contribution < 1.29 is 0 Å². The van der Waals surface area contributed by atoms with Crippen LogP contribution < -0.4 is 11.3 Å². The number of nitrogens with two attached hydrogens (primary N) is 1. The molecule has 0 saturated carbocycles. The van der Waals surface area contributed by atoms with Crippen LogP contribution in [0, 0.1) is 13.8 Å². The SMILES string of the molecule is Cc1cc(C(C)(C)C)cc(C)c1CC(C)NN. The molecule has 0 spiro atoms. The molecule has 0 aliphatic rings. The van der Waals surface area contributed by atoms with E-state index in [0.717, 1.165) is 6.42 Å². The van der Waals surface area contributed by atoms with Gasteiger partial charge in [0.2, 0.25) is 0 Å². The Morgan fingerprint density at radius 2 is 1.65 bits per heavy atom. The third kappa shape index (κ3) is 3.55. The maximum Gasteiger partial charge on any atom is 0.0222 e. The smallest absolute Gasteiger partial charge is 0.0222 e. The Bertz CT molecular complexity index is 365. The summed E-state index contributed by atoms with van der Waals surface area (Å²) >= 11 is 0. The van der Waals surface area contributed by atoms with Crippen LogP contribution in [0.3, 0.4) is 0 Å². The molecule has 0 bridgehead atoms. The normalized spacial score (nSPS) is 13.8. The van der Waals surface area contributed by atoms with E-state index in [1.165, 1.54) is 22.3 Å². The first-order valence-corrected chi connectivity index (χ1v) is 6.32. The second kappa shape index (κ2) is 5.19. The van der Waals surface area contributed by atoms with Crippen LogP contribution in [0.4, 0.5) is 0 Å². The van der Waals surface area contributed by atoms with Crippen molar-refractivity contribution >= 4 is 0 Å². The van der Waals surface area contributed by atoms with E-state index in [2.05, 4.69) is 59.1 Å². The molecule has 1 rings (SSSR count). The quantitative estimate of drug-likeness (QED) is 0.623. The number of hydrogen-bond acceptors (Lipinski definition) is 2.